The summed E-state index contributed by atoms with van der Waals surface area (Å²) in [6, 6.07) is 20.6. The smallest absolute Gasteiger partial charge is 0.338 e. The van der Waals surface area contributed by atoms with E-state index in [1.54, 1.807) is 24.3 Å². The van der Waals surface area contributed by atoms with Crippen molar-refractivity contribution in [3.8, 4) is 0 Å². The molecule has 0 fully saturated rings. The van der Waals surface area contributed by atoms with Crippen LogP contribution in [0, 0.1) is 0 Å². The van der Waals surface area contributed by atoms with Gasteiger partial charge in [-0.25, -0.2) is 4.79 Å². The SMILES string of the molecule is CC(=O)Nc1ccc(C(=O)OCc2ccc3ccccc3c2)cc1. The second kappa shape index (κ2) is 6.96. The standard InChI is InChI=1S/C20H17NO3/c1-14(22)21-19-10-8-17(9-11-19)20(23)24-13-15-6-7-16-4-2-3-5-18(16)12-15/h2-12H,13H2,1H3,(H,21,22). The highest BCUT2D eigenvalue weighted by atomic mass is 16.5. The van der Waals surface area contributed by atoms with E-state index in [1.165, 1.54) is 6.92 Å². The van der Waals surface area contributed by atoms with Crippen LogP contribution >= 0.6 is 0 Å². The molecule has 1 N–H and O–H groups in total. The van der Waals surface area contributed by atoms with Gasteiger partial charge >= 0.3 is 5.97 Å². The fourth-order valence-electron chi connectivity index (χ4n) is 2.45. The quantitative estimate of drug-likeness (QED) is 0.735. The molecule has 0 heterocycles. The monoisotopic (exact) mass is 319 g/mol. The van der Waals surface area contributed by atoms with Crippen LogP contribution in [0.4, 0.5) is 5.69 Å². The third kappa shape index (κ3) is 3.79. The molecule has 120 valence electrons. The minimum Gasteiger partial charge on any atom is -0.457 e. The summed E-state index contributed by atoms with van der Waals surface area (Å²) in [5.41, 5.74) is 2.04. The Bertz CT molecular complexity index is 885. The summed E-state index contributed by atoms with van der Waals surface area (Å²) >= 11 is 0. The van der Waals surface area contributed by atoms with Crippen molar-refractivity contribution in [1.82, 2.24) is 0 Å². The summed E-state index contributed by atoms with van der Waals surface area (Å²) < 4.78 is 5.36. The van der Waals surface area contributed by atoms with E-state index in [-0.39, 0.29) is 12.5 Å². The first-order valence-electron chi connectivity index (χ1n) is 7.64. The molecule has 24 heavy (non-hydrogen) atoms. The third-order valence-corrected chi connectivity index (χ3v) is 3.62. The van der Waals surface area contributed by atoms with Crippen molar-refractivity contribution in [3.63, 3.8) is 0 Å². The van der Waals surface area contributed by atoms with Gasteiger partial charge in [-0.1, -0.05) is 36.4 Å². The zero-order chi connectivity index (χ0) is 16.9. The third-order valence-electron chi connectivity index (χ3n) is 3.62. The summed E-state index contributed by atoms with van der Waals surface area (Å²) in [4.78, 5) is 23.1. The van der Waals surface area contributed by atoms with Crippen LogP contribution in [0.3, 0.4) is 0 Å². The predicted octanol–water partition coefficient (Wildman–Crippen LogP) is 4.16. The highest BCUT2D eigenvalue weighted by Gasteiger charge is 2.08. The van der Waals surface area contributed by atoms with Crippen molar-refractivity contribution >= 4 is 28.3 Å². The fourth-order valence-corrected chi connectivity index (χ4v) is 2.45. The first-order valence-corrected chi connectivity index (χ1v) is 7.64. The number of nitrogens with one attached hydrogen (secondary N) is 1. The zero-order valence-electron chi connectivity index (χ0n) is 13.3. The van der Waals surface area contributed by atoms with E-state index >= 15 is 0 Å². The number of rotatable bonds is 4. The summed E-state index contributed by atoms with van der Waals surface area (Å²) in [6.07, 6.45) is 0. The molecule has 0 aliphatic rings. The van der Waals surface area contributed by atoms with Crippen molar-refractivity contribution in [1.29, 1.82) is 0 Å². The van der Waals surface area contributed by atoms with Crippen molar-refractivity contribution in [2.75, 3.05) is 5.32 Å². The van der Waals surface area contributed by atoms with E-state index < -0.39 is 5.97 Å². The number of ether oxygens (including phenoxy) is 1. The van der Waals surface area contributed by atoms with Crippen LogP contribution in [-0.2, 0) is 16.1 Å². The van der Waals surface area contributed by atoms with Gasteiger partial charge in [0.1, 0.15) is 6.61 Å². The molecular formula is C20H17NO3. The first kappa shape index (κ1) is 15.7. The lowest BCUT2D eigenvalue weighted by Gasteiger charge is -2.07. The second-order valence-electron chi connectivity index (χ2n) is 5.52. The molecule has 4 heteroatoms. The lowest BCUT2D eigenvalue weighted by molar-refractivity contribution is -0.114. The van der Waals surface area contributed by atoms with E-state index in [2.05, 4.69) is 5.32 Å². The molecule has 1 amide bonds. The molecule has 3 aromatic rings. The lowest BCUT2D eigenvalue weighted by atomic mass is 10.1. The molecule has 0 atom stereocenters. The normalized spacial score (nSPS) is 10.4. The summed E-state index contributed by atoms with van der Waals surface area (Å²) in [5.74, 6) is -0.542. The van der Waals surface area contributed by atoms with Gasteiger partial charge in [-0.2, -0.15) is 0 Å². The van der Waals surface area contributed by atoms with Gasteiger partial charge in [0.05, 0.1) is 5.56 Å². The largest absolute Gasteiger partial charge is 0.457 e. The van der Waals surface area contributed by atoms with Crippen LogP contribution in [0.5, 0.6) is 0 Å². The van der Waals surface area contributed by atoms with Crippen LogP contribution in [0.25, 0.3) is 10.8 Å². The maximum atomic E-state index is 12.1. The van der Waals surface area contributed by atoms with Gasteiger partial charge in [0.15, 0.2) is 0 Å². The highest BCUT2D eigenvalue weighted by molar-refractivity contribution is 5.92. The van der Waals surface area contributed by atoms with Crippen molar-refractivity contribution in [2.24, 2.45) is 0 Å². The number of esters is 1. The van der Waals surface area contributed by atoms with Crippen LogP contribution in [0.15, 0.2) is 66.7 Å². The molecule has 0 saturated heterocycles. The molecule has 0 bridgehead atoms. The van der Waals surface area contributed by atoms with Crippen molar-refractivity contribution in [2.45, 2.75) is 13.5 Å². The molecule has 3 rings (SSSR count). The maximum Gasteiger partial charge on any atom is 0.338 e. The number of fused-ring (bicyclic) bond motifs is 1. The van der Waals surface area contributed by atoms with E-state index in [0.717, 1.165) is 16.3 Å². The van der Waals surface area contributed by atoms with Gasteiger partial charge in [0.2, 0.25) is 5.91 Å². The highest BCUT2D eigenvalue weighted by Crippen LogP contribution is 2.17. The van der Waals surface area contributed by atoms with Gasteiger partial charge in [-0.15, -0.1) is 0 Å². The Labute approximate surface area is 140 Å². The van der Waals surface area contributed by atoms with Gasteiger partial charge < -0.3 is 10.1 Å². The Morgan fingerprint density at radius 2 is 1.62 bits per heavy atom. The topological polar surface area (TPSA) is 55.4 Å². The van der Waals surface area contributed by atoms with Gasteiger partial charge in [-0.3, -0.25) is 4.79 Å². The average molecular weight is 319 g/mol. The van der Waals surface area contributed by atoms with E-state index in [9.17, 15) is 9.59 Å². The number of hydrogen-bond donors (Lipinski definition) is 1. The van der Waals surface area contributed by atoms with Gasteiger partial charge in [-0.05, 0) is 46.7 Å². The number of carbonyl (C=O) groups is 2. The van der Waals surface area contributed by atoms with E-state index in [4.69, 9.17) is 4.74 Å². The van der Waals surface area contributed by atoms with E-state index in [1.807, 2.05) is 42.5 Å². The van der Waals surface area contributed by atoms with Crippen LogP contribution in [0.2, 0.25) is 0 Å². The molecule has 0 saturated carbocycles. The van der Waals surface area contributed by atoms with Gasteiger partial charge in [0.25, 0.3) is 0 Å². The number of hydrogen-bond acceptors (Lipinski definition) is 3. The number of amides is 1. The Hall–Kier alpha value is -3.14. The Balaban J connectivity index is 1.64. The van der Waals surface area contributed by atoms with Crippen molar-refractivity contribution in [3.05, 3.63) is 77.9 Å². The van der Waals surface area contributed by atoms with E-state index in [0.29, 0.717) is 11.3 Å². The minimum atomic E-state index is -0.391. The summed E-state index contributed by atoms with van der Waals surface area (Å²) in [7, 11) is 0. The Morgan fingerprint density at radius 1 is 0.917 bits per heavy atom. The summed E-state index contributed by atoms with van der Waals surface area (Å²) in [5, 5.41) is 4.92. The molecule has 4 nitrogen and oxygen atoms in total. The zero-order valence-corrected chi connectivity index (χ0v) is 13.3. The Kier molecular flexibility index (Phi) is 4.57. The number of carbonyl (C=O) groups excluding carboxylic acids is 2. The maximum absolute atomic E-state index is 12.1. The fraction of sp³-hybridized carbons (Fsp3) is 0.100. The average Bonchev–Trinajstić information content (AvgIpc) is 2.59. The lowest BCUT2D eigenvalue weighted by Crippen LogP contribution is -2.07. The molecule has 0 aromatic heterocycles. The Morgan fingerprint density at radius 3 is 2.33 bits per heavy atom. The van der Waals surface area contributed by atoms with Crippen LogP contribution in [0.1, 0.15) is 22.8 Å². The van der Waals surface area contributed by atoms with Crippen LogP contribution in [-0.4, -0.2) is 11.9 Å². The number of benzene rings is 3. The molecule has 0 spiro atoms. The molecular weight excluding hydrogens is 302 g/mol. The molecule has 0 unspecified atom stereocenters. The number of anilines is 1. The molecule has 0 radical (unpaired) electrons. The van der Waals surface area contributed by atoms with Crippen molar-refractivity contribution < 1.29 is 14.3 Å². The van der Waals surface area contributed by atoms with Gasteiger partial charge in [0, 0.05) is 12.6 Å². The first-order chi connectivity index (χ1) is 11.6. The molecule has 0 aliphatic heterocycles. The second-order valence-corrected chi connectivity index (χ2v) is 5.52. The molecule has 0 aliphatic carbocycles. The predicted molar refractivity (Wildman–Crippen MR) is 93.8 cm³/mol. The summed E-state index contributed by atoms with van der Waals surface area (Å²) in [6.45, 7) is 1.66. The van der Waals surface area contributed by atoms with Crippen LogP contribution < -0.4 is 5.32 Å². The minimum absolute atomic E-state index is 0.151. The molecule has 3 aromatic carbocycles.